The lowest BCUT2D eigenvalue weighted by atomic mass is 10.1. The first-order valence-corrected chi connectivity index (χ1v) is 5.42. The minimum Gasteiger partial charge on any atom is -0.478 e. The van der Waals surface area contributed by atoms with Gasteiger partial charge in [0.05, 0.1) is 11.9 Å². The van der Waals surface area contributed by atoms with Gasteiger partial charge in [0.1, 0.15) is 11.4 Å². The highest BCUT2D eigenvalue weighted by molar-refractivity contribution is 5.94. The average Bonchev–Trinajstić information content (AvgIpc) is 2.30. The number of carboxylic acid groups (broad SMARTS) is 1. The van der Waals surface area contributed by atoms with E-state index in [0.29, 0.717) is 11.5 Å². The Labute approximate surface area is 93.9 Å². The molecule has 0 amide bonds. The quantitative estimate of drug-likeness (QED) is 0.788. The van der Waals surface area contributed by atoms with Gasteiger partial charge in [-0.2, -0.15) is 0 Å². The predicted molar refractivity (Wildman–Crippen MR) is 61.7 cm³/mol. The van der Waals surface area contributed by atoms with Crippen LogP contribution >= 0.6 is 0 Å². The van der Waals surface area contributed by atoms with Crippen molar-refractivity contribution in [2.75, 3.05) is 23.7 Å². The molecular weight excluding hydrogens is 206 g/mol. The Morgan fingerprint density at radius 1 is 1.38 bits per heavy atom. The highest BCUT2D eigenvalue weighted by atomic mass is 16.4. The first-order valence-electron chi connectivity index (χ1n) is 5.42. The molecule has 3 N–H and O–H groups in total. The molecule has 2 heterocycles. The van der Waals surface area contributed by atoms with Crippen LogP contribution in [0.25, 0.3) is 0 Å². The Morgan fingerprint density at radius 3 is 2.69 bits per heavy atom. The Kier molecular flexibility index (Phi) is 2.94. The largest absolute Gasteiger partial charge is 0.478 e. The zero-order valence-electron chi connectivity index (χ0n) is 9.02. The van der Waals surface area contributed by atoms with Gasteiger partial charge in [-0.05, 0) is 25.3 Å². The molecule has 16 heavy (non-hydrogen) atoms. The molecule has 0 bridgehead atoms. The van der Waals surface area contributed by atoms with Crippen LogP contribution < -0.4 is 10.6 Å². The van der Waals surface area contributed by atoms with Crippen LogP contribution in [0.2, 0.25) is 0 Å². The molecule has 5 nitrogen and oxygen atoms in total. The number of aromatic carboxylic acids is 1. The highest BCUT2D eigenvalue weighted by Crippen LogP contribution is 2.23. The van der Waals surface area contributed by atoms with Crippen molar-refractivity contribution < 1.29 is 9.90 Å². The topological polar surface area (TPSA) is 79.5 Å². The van der Waals surface area contributed by atoms with Gasteiger partial charge < -0.3 is 15.7 Å². The normalized spacial score (nSPS) is 16.1. The summed E-state index contributed by atoms with van der Waals surface area (Å²) in [4.78, 5) is 17.3. The van der Waals surface area contributed by atoms with Crippen molar-refractivity contribution >= 4 is 17.5 Å². The second-order valence-corrected chi connectivity index (χ2v) is 3.99. The van der Waals surface area contributed by atoms with E-state index < -0.39 is 5.97 Å². The molecular formula is C11H15N3O2. The van der Waals surface area contributed by atoms with E-state index in [1.165, 1.54) is 18.7 Å². The van der Waals surface area contributed by atoms with E-state index in [0.717, 1.165) is 25.9 Å². The summed E-state index contributed by atoms with van der Waals surface area (Å²) in [5.41, 5.74) is 6.13. The van der Waals surface area contributed by atoms with Crippen molar-refractivity contribution in [2.45, 2.75) is 19.3 Å². The number of nitrogen functional groups attached to an aromatic ring is 1. The van der Waals surface area contributed by atoms with E-state index in [1.807, 2.05) is 4.90 Å². The number of nitrogens with two attached hydrogens (primary N) is 1. The van der Waals surface area contributed by atoms with Crippen molar-refractivity contribution in [1.29, 1.82) is 0 Å². The summed E-state index contributed by atoms with van der Waals surface area (Å²) >= 11 is 0. The third-order valence-corrected chi connectivity index (χ3v) is 2.77. The number of piperidine rings is 1. The fraction of sp³-hybridized carbons (Fsp3) is 0.455. The molecule has 1 aromatic rings. The summed E-state index contributed by atoms with van der Waals surface area (Å²) in [5, 5.41) is 9.10. The lowest BCUT2D eigenvalue weighted by Crippen LogP contribution is -2.31. The Balaban J connectivity index is 2.34. The van der Waals surface area contributed by atoms with Crippen LogP contribution in [0.1, 0.15) is 29.6 Å². The number of rotatable bonds is 2. The molecule has 0 atom stereocenters. The second-order valence-electron chi connectivity index (χ2n) is 3.99. The van der Waals surface area contributed by atoms with Crippen molar-refractivity contribution in [2.24, 2.45) is 0 Å². The number of aromatic nitrogens is 1. The maximum atomic E-state index is 11.1. The van der Waals surface area contributed by atoms with Gasteiger partial charge in [0.15, 0.2) is 0 Å². The number of hydrogen-bond donors (Lipinski definition) is 2. The van der Waals surface area contributed by atoms with Crippen LogP contribution in [-0.4, -0.2) is 29.1 Å². The molecule has 1 saturated heterocycles. The molecule has 0 aromatic carbocycles. The summed E-state index contributed by atoms with van der Waals surface area (Å²) in [6.07, 6.45) is 4.89. The molecule has 5 heteroatoms. The van der Waals surface area contributed by atoms with Crippen LogP contribution in [0, 0.1) is 0 Å². The lowest BCUT2D eigenvalue weighted by Gasteiger charge is -2.28. The van der Waals surface area contributed by atoms with Gasteiger partial charge in [-0.25, -0.2) is 9.78 Å². The molecule has 86 valence electrons. The molecule has 0 unspecified atom stereocenters. The van der Waals surface area contributed by atoms with E-state index in [9.17, 15) is 4.79 Å². The summed E-state index contributed by atoms with van der Waals surface area (Å²) in [6, 6.07) is 1.47. The molecule has 1 fully saturated rings. The molecule has 0 spiro atoms. The average molecular weight is 221 g/mol. The number of anilines is 2. The molecule has 0 aliphatic carbocycles. The summed E-state index contributed by atoms with van der Waals surface area (Å²) < 4.78 is 0. The van der Waals surface area contributed by atoms with Gasteiger partial charge in [-0.1, -0.05) is 0 Å². The highest BCUT2D eigenvalue weighted by Gasteiger charge is 2.19. The lowest BCUT2D eigenvalue weighted by molar-refractivity contribution is 0.0697. The van der Waals surface area contributed by atoms with Crippen LogP contribution in [-0.2, 0) is 0 Å². The van der Waals surface area contributed by atoms with Crippen LogP contribution in [0.5, 0.6) is 0 Å². The van der Waals surface area contributed by atoms with Crippen LogP contribution in [0.3, 0.4) is 0 Å². The first-order chi connectivity index (χ1) is 7.68. The van der Waals surface area contributed by atoms with Crippen molar-refractivity contribution in [3.05, 3.63) is 17.8 Å². The van der Waals surface area contributed by atoms with Gasteiger partial charge in [-0.15, -0.1) is 0 Å². The Morgan fingerprint density at radius 2 is 2.06 bits per heavy atom. The Hall–Kier alpha value is -1.78. The van der Waals surface area contributed by atoms with E-state index >= 15 is 0 Å². The smallest absolute Gasteiger partial charge is 0.339 e. The monoisotopic (exact) mass is 221 g/mol. The minimum atomic E-state index is -0.972. The third-order valence-electron chi connectivity index (χ3n) is 2.77. The van der Waals surface area contributed by atoms with E-state index in [4.69, 9.17) is 10.8 Å². The van der Waals surface area contributed by atoms with E-state index in [1.54, 1.807) is 0 Å². The molecule has 0 saturated carbocycles. The summed E-state index contributed by atoms with van der Waals surface area (Å²) in [7, 11) is 0. The van der Waals surface area contributed by atoms with Crippen LogP contribution in [0.15, 0.2) is 12.3 Å². The molecule has 1 aliphatic rings. The van der Waals surface area contributed by atoms with E-state index in [-0.39, 0.29) is 5.56 Å². The van der Waals surface area contributed by atoms with Gasteiger partial charge in [0.25, 0.3) is 0 Å². The van der Waals surface area contributed by atoms with Crippen LogP contribution in [0.4, 0.5) is 11.5 Å². The summed E-state index contributed by atoms with van der Waals surface area (Å²) in [6.45, 7) is 1.74. The minimum absolute atomic E-state index is 0.196. The van der Waals surface area contributed by atoms with Crippen molar-refractivity contribution in [3.8, 4) is 0 Å². The number of hydrogen-bond acceptors (Lipinski definition) is 4. The van der Waals surface area contributed by atoms with Gasteiger partial charge >= 0.3 is 5.97 Å². The maximum Gasteiger partial charge on any atom is 0.339 e. The zero-order chi connectivity index (χ0) is 11.5. The van der Waals surface area contributed by atoms with Gasteiger partial charge in [0.2, 0.25) is 0 Å². The number of nitrogens with zero attached hydrogens (tertiary/aromatic N) is 2. The number of carbonyl (C=O) groups is 1. The molecule has 1 aromatic heterocycles. The second kappa shape index (κ2) is 4.38. The van der Waals surface area contributed by atoms with Crippen molar-refractivity contribution in [1.82, 2.24) is 4.98 Å². The molecule has 2 rings (SSSR count). The number of pyridine rings is 1. The SMILES string of the molecule is Nc1cnc(N2CCCCC2)c(C(=O)O)c1. The molecule has 0 radical (unpaired) electrons. The third kappa shape index (κ3) is 2.08. The Bertz CT molecular complexity index is 400. The van der Waals surface area contributed by atoms with E-state index in [2.05, 4.69) is 4.98 Å². The maximum absolute atomic E-state index is 11.1. The molecule has 1 aliphatic heterocycles. The van der Waals surface area contributed by atoms with Crippen molar-refractivity contribution in [3.63, 3.8) is 0 Å². The first kappa shape index (κ1) is 10.7. The van der Waals surface area contributed by atoms with Gasteiger partial charge in [0, 0.05) is 13.1 Å². The fourth-order valence-corrected chi connectivity index (χ4v) is 1.99. The summed E-state index contributed by atoms with van der Waals surface area (Å²) in [5.74, 6) is -0.429. The zero-order valence-corrected chi connectivity index (χ0v) is 9.02. The predicted octanol–water partition coefficient (Wildman–Crippen LogP) is 1.35. The fourth-order valence-electron chi connectivity index (χ4n) is 1.99. The standard InChI is InChI=1S/C11H15N3O2/c12-8-6-9(11(15)16)10(13-7-8)14-4-2-1-3-5-14/h6-7H,1-5,12H2,(H,15,16). The number of carboxylic acids is 1. The van der Waals surface area contributed by atoms with Gasteiger partial charge in [-0.3, -0.25) is 0 Å².